The number of nitrogens with zero attached hydrogens (tertiary/aromatic N) is 4. The van der Waals surface area contributed by atoms with Crippen molar-refractivity contribution in [2.75, 3.05) is 36.4 Å². The molecule has 3 heterocycles. The van der Waals surface area contributed by atoms with Crippen LogP contribution in [0.25, 0.3) is 11.1 Å². The lowest BCUT2D eigenvalue weighted by Gasteiger charge is -2.35. The normalized spacial score (nSPS) is 14.0. The second-order valence-electron chi connectivity index (χ2n) is 11.8. The van der Waals surface area contributed by atoms with Gasteiger partial charge in [-0.05, 0) is 82.5 Å². The Morgan fingerprint density at radius 1 is 0.902 bits per heavy atom. The fourth-order valence-electron chi connectivity index (χ4n) is 4.23. The van der Waals surface area contributed by atoms with Crippen LogP contribution >= 0.6 is 11.3 Å². The quantitative estimate of drug-likeness (QED) is 0.352. The highest BCUT2D eigenvalue weighted by Crippen LogP contribution is 2.28. The van der Waals surface area contributed by atoms with E-state index in [1.807, 2.05) is 50.4 Å². The molecule has 1 saturated heterocycles. The average Bonchev–Trinajstić information content (AvgIpc) is 3.39. The predicted molar refractivity (Wildman–Crippen MR) is 160 cm³/mol. The molecular weight excluding hydrogens is 542 g/mol. The van der Waals surface area contributed by atoms with E-state index in [4.69, 9.17) is 9.47 Å². The van der Waals surface area contributed by atoms with Gasteiger partial charge in [0.2, 0.25) is 0 Å². The molecule has 0 spiro atoms. The number of carbonyl (C=O) groups excluding carboxylic acids is 3. The van der Waals surface area contributed by atoms with Gasteiger partial charge in [-0.25, -0.2) is 14.6 Å². The summed E-state index contributed by atoms with van der Waals surface area (Å²) in [6, 6.07) is 9.33. The maximum absolute atomic E-state index is 13.4. The molecule has 11 heteroatoms. The van der Waals surface area contributed by atoms with Crippen molar-refractivity contribution in [3.05, 3.63) is 58.7 Å². The number of thiazole rings is 1. The van der Waals surface area contributed by atoms with Crippen LogP contribution in [0.1, 0.15) is 56.9 Å². The summed E-state index contributed by atoms with van der Waals surface area (Å²) in [6.45, 7) is 13.1. The van der Waals surface area contributed by atoms with E-state index in [2.05, 4.69) is 20.2 Å². The first-order valence-corrected chi connectivity index (χ1v) is 14.4. The van der Waals surface area contributed by atoms with Crippen molar-refractivity contribution in [1.82, 2.24) is 14.9 Å². The Morgan fingerprint density at radius 3 is 2.20 bits per heavy atom. The summed E-state index contributed by atoms with van der Waals surface area (Å²) >= 11 is 1.29. The number of Topliss-reactive ketones (excluding diaryl/α,β-unsaturated/α-hetero) is 1. The van der Waals surface area contributed by atoms with Gasteiger partial charge in [0.1, 0.15) is 17.0 Å². The van der Waals surface area contributed by atoms with E-state index in [-0.39, 0.29) is 18.3 Å². The molecule has 0 bridgehead atoms. The van der Waals surface area contributed by atoms with Gasteiger partial charge in [-0.3, -0.25) is 15.1 Å². The maximum atomic E-state index is 13.4. The van der Waals surface area contributed by atoms with Crippen LogP contribution in [-0.4, -0.2) is 70.2 Å². The molecule has 0 unspecified atom stereocenters. The number of ketones is 1. The van der Waals surface area contributed by atoms with Gasteiger partial charge in [-0.1, -0.05) is 6.07 Å². The Labute approximate surface area is 244 Å². The second kappa shape index (κ2) is 12.3. The van der Waals surface area contributed by atoms with Crippen LogP contribution in [0.4, 0.5) is 21.1 Å². The van der Waals surface area contributed by atoms with E-state index >= 15 is 0 Å². The summed E-state index contributed by atoms with van der Waals surface area (Å²) in [5.41, 5.74) is 1.79. The Balaban J connectivity index is 1.47. The zero-order chi connectivity index (χ0) is 29.8. The van der Waals surface area contributed by atoms with Crippen molar-refractivity contribution in [2.24, 2.45) is 0 Å². The molecule has 1 fully saturated rings. The third-order valence-corrected chi connectivity index (χ3v) is 6.96. The number of hydrogen-bond acceptors (Lipinski definition) is 9. The number of aromatic nitrogens is 2. The Kier molecular flexibility index (Phi) is 8.96. The lowest BCUT2D eigenvalue weighted by Crippen LogP contribution is -2.50. The van der Waals surface area contributed by atoms with E-state index < -0.39 is 17.3 Å². The molecule has 1 N–H and O–H groups in total. The largest absolute Gasteiger partial charge is 0.444 e. The maximum Gasteiger partial charge on any atom is 0.412 e. The molecular formula is C30H37N5O5S. The summed E-state index contributed by atoms with van der Waals surface area (Å²) in [7, 11) is 0. The Hall–Kier alpha value is -3.99. The van der Waals surface area contributed by atoms with Crippen molar-refractivity contribution >= 4 is 40.8 Å². The molecule has 0 saturated carbocycles. The first kappa shape index (κ1) is 30.0. The molecule has 4 rings (SSSR count). The van der Waals surface area contributed by atoms with Gasteiger partial charge < -0.3 is 19.3 Å². The van der Waals surface area contributed by atoms with Crippen LogP contribution in [-0.2, 0) is 15.9 Å². The number of rotatable bonds is 6. The lowest BCUT2D eigenvalue weighted by molar-refractivity contribution is 0.0240. The van der Waals surface area contributed by atoms with Gasteiger partial charge >= 0.3 is 12.2 Å². The number of pyridine rings is 1. The Morgan fingerprint density at radius 2 is 1.56 bits per heavy atom. The summed E-state index contributed by atoms with van der Waals surface area (Å²) in [5, 5.41) is 5.04. The van der Waals surface area contributed by atoms with Gasteiger partial charge in [0.25, 0.3) is 0 Å². The van der Waals surface area contributed by atoms with Crippen molar-refractivity contribution in [1.29, 1.82) is 0 Å². The smallest absolute Gasteiger partial charge is 0.412 e. The number of amides is 2. The topological polar surface area (TPSA) is 114 Å². The Bertz CT molecular complexity index is 1390. The summed E-state index contributed by atoms with van der Waals surface area (Å²) in [6.07, 6.45) is 2.54. The van der Waals surface area contributed by atoms with Crippen molar-refractivity contribution in [2.45, 2.75) is 59.2 Å². The third-order valence-electron chi connectivity index (χ3n) is 6.09. The number of anilines is 2. The van der Waals surface area contributed by atoms with E-state index in [1.165, 1.54) is 11.3 Å². The highest BCUT2D eigenvalue weighted by atomic mass is 32.1. The number of carbonyl (C=O) groups is 3. The molecule has 2 amide bonds. The summed E-state index contributed by atoms with van der Waals surface area (Å²) < 4.78 is 10.9. The van der Waals surface area contributed by atoms with E-state index in [1.54, 1.807) is 44.1 Å². The molecule has 0 radical (unpaired) electrons. The second-order valence-corrected chi connectivity index (χ2v) is 12.7. The molecule has 3 aromatic rings. The fraction of sp³-hybridized carbons (Fsp3) is 0.433. The fourth-order valence-corrected chi connectivity index (χ4v) is 5.00. The number of piperazine rings is 1. The zero-order valence-corrected chi connectivity index (χ0v) is 25.2. The predicted octanol–water partition coefficient (Wildman–Crippen LogP) is 6.03. The minimum atomic E-state index is -0.660. The lowest BCUT2D eigenvalue weighted by atomic mass is 9.99. The van der Waals surface area contributed by atoms with E-state index in [0.717, 1.165) is 11.1 Å². The minimum Gasteiger partial charge on any atom is -0.444 e. The number of ether oxygens (including phenoxy) is 2. The van der Waals surface area contributed by atoms with E-state index in [0.29, 0.717) is 48.3 Å². The van der Waals surface area contributed by atoms with Crippen LogP contribution in [0, 0.1) is 0 Å². The third kappa shape index (κ3) is 8.50. The van der Waals surface area contributed by atoms with Crippen LogP contribution in [0.2, 0.25) is 0 Å². The molecule has 41 heavy (non-hydrogen) atoms. The molecule has 1 aromatic carbocycles. The van der Waals surface area contributed by atoms with Gasteiger partial charge in [0, 0.05) is 56.1 Å². The van der Waals surface area contributed by atoms with Crippen molar-refractivity contribution < 1.29 is 23.9 Å². The first-order chi connectivity index (χ1) is 19.3. The summed E-state index contributed by atoms with van der Waals surface area (Å²) in [4.78, 5) is 50.8. The minimum absolute atomic E-state index is 0.0451. The van der Waals surface area contributed by atoms with Crippen LogP contribution in [0.3, 0.4) is 0 Å². The zero-order valence-electron chi connectivity index (χ0n) is 24.4. The first-order valence-electron chi connectivity index (χ1n) is 13.5. The van der Waals surface area contributed by atoms with Crippen LogP contribution in [0.15, 0.2) is 48.1 Å². The monoisotopic (exact) mass is 579 g/mol. The van der Waals surface area contributed by atoms with Crippen molar-refractivity contribution in [3.63, 3.8) is 0 Å². The molecule has 2 aromatic heterocycles. The van der Waals surface area contributed by atoms with Gasteiger partial charge in [0.05, 0.1) is 0 Å². The SMILES string of the molecule is CC(C)(C)OC(=O)Nc1ccc(-c2ccncc2)cc1CC(=O)c1nc(N2CCN(C(=O)OC(C)(C)C)CC2)cs1. The number of benzene rings is 1. The van der Waals surface area contributed by atoms with Crippen LogP contribution < -0.4 is 10.2 Å². The molecule has 218 valence electrons. The molecule has 10 nitrogen and oxygen atoms in total. The molecule has 1 aliphatic rings. The molecule has 0 aliphatic carbocycles. The van der Waals surface area contributed by atoms with Gasteiger partial charge in [-0.2, -0.15) is 0 Å². The van der Waals surface area contributed by atoms with Crippen molar-refractivity contribution in [3.8, 4) is 11.1 Å². The van der Waals surface area contributed by atoms with Gasteiger partial charge in [0.15, 0.2) is 10.8 Å². The van der Waals surface area contributed by atoms with Gasteiger partial charge in [-0.15, -0.1) is 11.3 Å². The standard InChI is InChI=1S/C30H37N5O5S/c1-29(2,3)39-27(37)32-23-8-7-21(20-9-11-31-12-10-20)17-22(23)18-24(36)26-33-25(19-41-26)34-13-15-35(16-14-34)28(38)40-30(4,5)6/h7-12,17,19H,13-16,18H2,1-6H3,(H,32,37). The van der Waals surface area contributed by atoms with Crippen LogP contribution in [0.5, 0.6) is 0 Å². The van der Waals surface area contributed by atoms with E-state index in [9.17, 15) is 14.4 Å². The molecule has 1 aliphatic heterocycles. The summed E-state index contributed by atoms with van der Waals surface area (Å²) in [5.74, 6) is 0.549. The number of hydrogen-bond donors (Lipinski definition) is 1. The highest BCUT2D eigenvalue weighted by Gasteiger charge is 2.27. The average molecular weight is 580 g/mol. The highest BCUT2D eigenvalue weighted by molar-refractivity contribution is 7.12. The molecule has 0 atom stereocenters. The number of nitrogens with one attached hydrogen (secondary N) is 1.